The molecule has 4 aliphatic rings. The van der Waals surface area contributed by atoms with Gasteiger partial charge in [0.1, 0.15) is 0 Å². The molecule has 9 nitrogen and oxygen atoms in total. The summed E-state index contributed by atoms with van der Waals surface area (Å²) < 4.78 is 47.3. The average Bonchev–Trinajstić information content (AvgIpc) is 3.33. The first kappa shape index (κ1) is 16.9. The van der Waals surface area contributed by atoms with Crippen molar-refractivity contribution in [1.82, 2.24) is 4.90 Å². The molecule has 11 heteroatoms. The number of hydrogen-bond acceptors (Lipinski definition) is 9. The Labute approximate surface area is 135 Å². The average molecular weight is 373 g/mol. The third kappa shape index (κ3) is 2.76. The van der Waals surface area contributed by atoms with Crippen LogP contribution >= 0.6 is 15.0 Å². The van der Waals surface area contributed by atoms with Crippen molar-refractivity contribution in [3.05, 3.63) is 0 Å². The van der Waals surface area contributed by atoms with E-state index < -0.39 is 15.0 Å². The van der Waals surface area contributed by atoms with Crippen molar-refractivity contribution in [2.45, 2.75) is 6.92 Å². The molecule has 136 valence electrons. The molecule has 4 heterocycles. The molecule has 4 fully saturated rings. The fourth-order valence-electron chi connectivity index (χ4n) is 3.38. The van der Waals surface area contributed by atoms with Crippen molar-refractivity contribution in [2.75, 3.05) is 72.0 Å². The summed E-state index contributed by atoms with van der Waals surface area (Å²) in [6.07, 6.45) is 0.804. The molecule has 0 aliphatic carbocycles. The van der Waals surface area contributed by atoms with E-state index in [1.165, 1.54) is 0 Å². The molecule has 0 atom stereocenters. The van der Waals surface area contributed by atoms with Crippen LogP contribution in [-0.4, -0.2) is 76.9 Å². The Morgan fingerprint density at radius 1 is 0.565 bits per heavy atom. The minimum atomic E-state index is -3.50. The first-order valence-corrected chi connectivity index (χ1v) is 12.2. The number of nitrogens with zero attached hydrogens (tertiary/aromatic N) is 1. The van der Waals surface area contributed by atoms with Crippen molar-refractivity contribution in [2.24, 2.45) is 0 Å². The summed E-state index contributed by atoms with van der Waals surface area (Å²) in [5.41, 5.74) is 0. The van der Waals surface area contributed by atoms with Gasteiger partial charge in [0, 0.05) is 0 Å². The predicted octanol–water partition coefficient (Wildman–Crippen LogP) is 1.84. The fraction of sp³-hybridized carbons (Fsp3) is 1.00. The molecule has 4 saturated heterocycles. The summed E-state index contributed by atoms with van der Waals surface area (Å²) in [6.45, 7) is 6.64. The van der Waals surface area contributed by atoms with Crippen LogP contribution in [0, 0.1) is 0 Å². The molecule has 4 rings (SSSR count). The molecule has 0 aromatic carbocycles. The normalized spacial score (nSPS) is 37.0. The zero-order valence-corrected chi connectivity index (χ0v) is 15.2. The van der Waals surface area contributed by atoms with Crippen molar-refractivity contribution in [3.8, 4) is 0 Å². The quantitative estimate of drug-likeness (QED) is 0.671. The van der Waals surface area contributed by atoms with Gasteiger partial charge in [-0.25, -0.2) is 0 Å². The summed E-state index contributed by atoms with van der Waals surface area (Å²) in [7, 11) is -7.01. The molecule has 0 aromatic heterocycles. The van der Waals surface area contributed by atoms with E-state index in [9.17, 15) is 0 Å². The van der Waals surface area contributed by atoms with Crippen LogP contribution in [0.1, 0.15) is 6.92 Å². The summed E-state index contributed by atoms with van der Waals surface area (Å²) >= 11 is 0. The van der Waals surface area contributed by atoms with Gasteiger partial charge in [-0.15, -0.1) is 0 Å². The van der Waals surface area contributed by atoms with E-state index in [0.29, 0.717) is 72.0 Å². The predicted molar refractivity (Wildman–Crippen MR) is 83.6 cm³/mol. The Balaban J connectivity index is 1.55. The monoisotopic (exact) mass is 373 g/mol. The van der Waals surface area contributed by atoms with Gasteiger partial charge >= 0.3 is 135 Å². The fourth-order valence-corrected chi connectivity index (χ4v) is 10.4. The van der Waals surface area contributed by atoms with E-state index in [4.69, 9.17) is 36.2 Å². The molecule has 2 spiro atoms. The number of hydrogen-bond donors (Lipinski definition) is 0. The molecular formula is C12H25NO8P2. The van der Waals surface area contributed by atoms with E-state index in [1.54, 1.807) is 0 Å². The van der Waals surface area contributed by atoms with E-state index in [2.05, 4.69) is 4.90 Å². The Kier molecular flexibility index (Phi) is 4.24. The molecule has 23 heavy (non-hydrogen) atoms. The second-order valence-electron chi connectivity index (χ2n) is 5.86. The van der Waals surface area contributed by atoms with E-state index in [-0.39, 0.29) is 0 Å². The van der Waals surface area contributed by atoms with Crippen molar-refractivity contribution in [1.29, 1.82) is 0 Å². The minimum absolute atomic E-state index is 0.402. The molecule has 0 N–H and O–H groups in total. The maximum absolute atomic E-state index is 5.91. The molecule has 0 radical (unpaired) electrons. The molecule has 0 saturated carbocycles. The van der Waals surface area contributed by atoms with Crippen LogP contribution in [0.5, 0.6) is 0 Å². The Morgan fingerprint density at radius 3 is 1.04 bits per heavy atom. The van der Waals surface area contributed by atoms with Crippen LogP contribution < -0.4 is 0 Å². The molecule has 0 unspecified atom stereocenters. The summed E-state index contributed by atoms with van der Waals surface area (Å²) in [5, 5.41) is 0. The summed E-state index contributed by atoms with van der Waals surface area (Å²) in [4.78, 5) is 2.09. The molecule has 0 amide bonds. The van der Waals surface area contributed by atoms with Crippen LogP contribution in [0.15, 0.2) is 0 Å². The van der Waals surface area contributed by atoms with Gasteiger partial charge in [0.15, 0.2) is 0 Å². The van der Waals surface area contributed by atoms with Crippen molar-refractivity contribution >= 4 is 15.0 Å². The van der Waals surface area contributed by atoms with Crippen LogP contribution in [0.2, 0.25) is 0 Å². The Morgan fingerprint density at radius 2 is 0.826 bits per heavy atom. The van der Waals surface area contributed by atoms with Gasteiger partial charge in [-0.2, -0.15) is 0 Å². The third-order valence-corrected chi connectivity index (χ3v) is 11.5. The van der Waals surface area contributed by atoms with Gasteiger partial charge in [0.2, 0.25) is 0 Å². The third-order valence-electron chi connectivity index (χ3n) is 4.37. The van der Waals surface area contributed by atoms with Crippen LogP contribution in [0.25, 0.3) is 0 Å². The maximum atomic E-state index is 5.91. The van der Waals surface area contributed by atoms with Gasteiger partial charge in [0.05, 0.1) is 0 Å². The van der Waals surface area contributed by atoms with E-state index in [0.717, 1.165) is 0 Å². The summed E-state index contributed by atoms with van der Waals surface area (Å²) in [5.74, 6) is 0. The second kappa shape index (κ2) is 5.76. The Hall–Kier alpha value is 0.500. The van der Waals surface area contributed by atoms with Crippen LogP contribution in [-0.2, 0) is 36.2 Å². The van der Waals surface area contributed by atoms with Crippen molar-refractivity contribution < 1.29 is 36.2 Å². The zero-order valence-electron chi connectivity index (χ0n) is 13.4. The van der Waals surface area contributed by atoms with E-state index >= 15 is 0 Å². The topological polar surface area (TPSA) is 77.1 Å². The van der Waals surface area contributed by atoms with Gasteiger partial charge in [-0.1, -0.05) is 0 Å². The number of rotatable bonds is 5. The first-order chi connectivity index (χ1) is 11.1. The second-order valence-corrected chi connectivity index (χ2v) is 12.3. The van der Waals surface area contributed by atoms with Gasteiger partial charge in [-0.3, -0.25) is 0 Å². The SMILES string of the molecule is CCN(CP12(OCCO1)OCCO2)CP12(OCCO1)OCCO2. The standard InChI is InChI=1S/C12H25NO8P2/c1-2-13(11-22(14-3-4-15-22)16-5-6-17-22)12-23(18-7-8-19-23)20-9-10-21-23/h2-12H2,1H3. The molecule has 4 aliphatic heterocycles. The molecule has 0 aromatic rings. The van der Waals surface area contributed by atoms with Gasteiger partial charge in [0.25, 0.3) is 0 Å². The molecule has 0 bridgehead atoms. The van der Waals surface area contributed by atoms with Gasteiger partial charge in [-0.05, 0) is 0 Å². The van der Waals surface area contributed by atoms with Crippen LogP contribution in [0.4, 0.5) is 0 Å². The zero-order chi connectivity index (χ0) is 15.9. The van der Waals surface area contributed by atoms with Crippen molar-refractivity contribution in [3.63, 3.8) is 0 Å². The van der Waals surface area contributed by atoms with Gasteiger partial charge < -0.3 is 0 Å². The first-order valence-electron chi connectivity index (χ1n) is 8.06. The van der Waals surface area contributed by atoms with Crippen LogP contribution in [0.3, 0.4) is 0 Å². The molecular weight excluding hydrogens is 348 g/mol. The Bertz CT molecular complexity index is 369. The summed E-state index contributed by atoms with van der Waals surface area (Å²) in [6, 6.07) is 0. The van der Waals surface area contributed by atoms with E-state index in [1.807, 2.05) is 6.92 Å².